The van der Waals surface area contributed by atoms with Crippen LogP contribution < -0.4 is 10.6 Å². The van der Waals surface area contributed by atoms with E-state index in [1.807, 2.05) is 18.2 Å². The number of alkyl halides is 2. The van der Waals surface area contributed by atoms with E-state index in [-0.39, 0.29) is 18.9 Å². The van der Waals surface area contributed by atoms with Crippen LogP contribution in [0.25, 0.3) is 11.1 Å². The fourth-order valence-electron chi connectivity index (χ4n) is 7.24. The van der Waals surface area contributed by atoms with Crippen LogP contribution in [0.2, 0.25) is 0 Å². The molecule has 208 valence electrons. The predicted octanol–water partition coefficient (Wildman–Crippen LogP) is 2.70. The fraction of sp³-hybridized carbons (Fsp3) is 0.467. The Labute approximate surface area is 230 Å². The number of fused-ring (bicyclic) bond motifs is 4. The van der Waals surface area contributed by atoms with Crippen LogP contribution in [0.5, 0.6) is 0 Å². The summed E-state index contributed by atoms with van der Waals surface area (Å²) in [4.78, 5) is 41.5. The van der Waals surface area contributed by atoms with Gasteiger partial charge in [0.1, 0.15) is 12.1 Å². The third kappa shape index (κ3) is 4.15. The first-order valence-electron chi connectivity index (χ1n) is 13.7. The molecule has 0 aromatic heterocycles. The van der Waals surface area contributed by atoms with Crippen molar-refractivity contribution in [3.05, 3.63) is 59.7 Å². The molecule has 10 heteroatoms. The molecule has 4 aliphatic rings. The summed E-state index contributed by atoms with van der Waals surface area (Å²) < 4.78 is 29.0. The molecule has 2 aliphatic carbocycles. The molecule has 40 heavy (non-hydrogen) atoms. The molecule has 2 aromatic rings. The molecule has 0 unspecified atom stereocenters. The summed E-state index contributed by atoms with van der Waals surface area (Å²) in [5.41, 5.74) is 0.0380. The van der Waals surface area contributed by atoms with Gasteiger partial charge in [-0.1, -0.05) is 48.5 Å². The minimum Gasteiger partial charge on any atom is -0.372 e. The molecule has 6 rings (SSSR count). The van der Waals surface area contributed by atoms with Crippen LogP contribution in [-0.4, -0.2) is 58.8 Å². The molecule has 0 radical (unpaired) electrons. The number of hydrogen-bond acceptors (Lipinski definition) is 5. The molecule has 0 spiro atoms. The zero-order chi connectivity index (χ0) is 28.2. The molecule has 1 saturated carbocycles. The van der Waals surface area contributed by atoms with Crippen molar-refractivity contribution in [1.29, 1.82) is 5.26 Å². The van der Waals surface area contributed by atoms with Crippen LogP contribution in [0.15, 0.2) is 48.5 Å². The highest BCUT2D eigenvalue weighted by atomic mass is 19.3. The first-order chi connectivity index (χ1) is 19.1. The van der Waals surface area contributed by atoms with Gasteiger partial charge in [-0.05, 0) is 42.2 Å². The van der Waals surface area contributed by atoms with Crippen molar-refractivity contribution in [2.75, 3.05) is 13.1 Å². The zero-order valence-corrected chi connectivity index (χ0v) is 21.8. The van der Waals surface area contributed by atoms with Crippen LogP contribution in [0.4, 0.5) is 8.78 Å². The standard InChI is InChI=1S/C30H30F2N4O4/c31-29(32)13-18-16-36(28(39)30(40)23-9-3-1-7-20(23)21-8-2-4-10-24(21)30)25(22(18)14-29)27(38)35-19(15-33)12-17-6-5-11-34-26(17)37/h1-4,7-10,17-19,22,25,40H,5-6,11-14,16H2,(H,34,37)(H,35,38)/t17-,18+,19-,22+,25+/m0/s1. The number of hydrogen-bond donors (Lipinski definition) is 3. The SMILES string of the molecule is N#C[C@H](C[C@@H]1CCCNC1=O)NC(=O)[C@H]1[C@@H]2CC(F)(F)C[C@@H]2CN1C(=O)C1(O)c2ccccc2-c2ccccc21. The number of carbonyl (C=O) groups excluding carboxylic acids is 3. The van der Waals surface area contributed by atoms with Gasteiger partial charge in [-0.3, -0.25) is 14.4 Å². The smallest absolute Gasteiger partial charge is 0.264 e. The first-order valence-corrected chi connectivity index (χ1v) is 13.7. The van der Waals surface area contributed by atoms with E-state index in [1.165, 1.54) is 4.90 Å². The van der Waals surface area contributed by atoms with Gasteiger partial charge in [0.2, 0.25) is 17.7 Å². The van der Waals surface area contributed by atoms with Crippen molar-refractivity contribution >= 4 is 17.7 Å². The van der Waals surface area contributed by atoms with Gasteiger partial charge >= 0.3 is 0 Å². The number of rotatable bonds is 5. The maximum atomic E-state index is 14.5. The average molecular weight is 549 g/mol. The maximum absolute atomic E-state index is 14.5. The fourth-order valence-corrected chi connectivity index (χ4v) is 7.24. The molecule has 2 aromatic carbocycles. The van der Waals surface area contributed by atoms with Crippen molar-refractivity contribution in [1.82, 2.24) is 15.5 Å². The van der Waals surface area contributed by atoms with Gasteiger partial charge in [-0.25, -0.2) is 8.78 Å². The van der Waals surface area contributed by atoms with Gasteiger partial charge in [0.05, 0.1) is 6.07 Å². The molecular formula is C30H30F2N4O4. The van der Waals surface area contributed by atoms with Crippen molar-refractivity contribution in [2.45, 2.75) is 55.7 Å². The van der Waals surface area contributed by atoms with Gasteiger partial charge in [-0.2, -0.15) is 5.26 Å². The third-order valence-corrected chi connectivity index (χ3v) is 9.03. The van der Waals surface area contributed by atoms with Gasteiger partial charge in [0.15, 0.2) is 5.60 Å². The number of nitrogens with zero attached hydrogens (tertiary/aromatic N) is 2. The van der Waals surface area contributed by atoms with Crippen LogP contribution in [0.3, 0.4) is 0 Å². The number of carbonyl (C=O) groups is 3. The minimum atomic E-state index is -2.97. The molecule has 2 saturated heterocycles. The number of piperidine rings is 1. The van der Waals surface area contributed by atoms with Crippen LogP contribution in [-0.2, 0) is 20.0 Å². The minimum absolute atomic E-state index is 0.0870. The van der Waals surface area contributed by atoms with Gasteiger partial charge in [-0.15, -0.1) is 0 Å². The lowest BCUT2D eigenvalue weighted by molar-refractivity contribution is -0.153. The summed E-state index contributed by atoms with van der Waals surface area (Å²) >= 11 is 0. The van der Waals surface area contributed by atoms with E-state index in [0.717, 1.165) is 6.42 Å². The van der Waals surface area contributed by atoms with Crippen molar-refractivity contribution in [2.24, 2.45) is 17.8 Å². The number of likely N-dealkylation sites (tertiary alicyclic amines) is 1. The van der Waals surface area contributed by atoms with Gasteiger partial charge < -0.3 is 20.6 Å². The molecule has 3 N–H and O–H groups in total. The molecule has 2 aliphatic heterocycles. The first kappa shape index (κ1) is 26.4. The molecule has 5 atom stereocenters. The Hall–Kier alpha value is -3.84. The Morgan fingerprint density at radius 3 is 2.40 bits per heavy atom. The molecule has 3 fully saturated rings. The van der Waals surface area contributed by atoms with E-state index in [4.69, 9.17) is 0 Å². The Morgan fingerprint density at radius 2 is 1.77 bits per heavy atom. The normalized spacial score (nSPS) is 28.1. The topological polar surface area (TPSA) is 123 Å². The lowest BCUT2D eigenvalue weighted by Crippen LogP contribution is -2.56. The number of nitriles is 1. The Kier molecular flexibility index (Phi) is 6.37. The van der Waals surface area contributed by atoms with Gasteiger partial charge in [0.25, 0.3) is 5.91 Å². The predicted molar refractivity (Wildman–Crippen MR) is 139 cm³/mol. The van der Waals surface area contributed by atoms with E-state index in [2.05, 4.69) is 10.6 Å². The highest BCUT2D eigenvalue weighted by molar-refractivity contribution is 6.01. The Bertz CT molecular complexity index is 1380. The van der Waals surface area contributed by atoms with E-state index in [9.17, 15) is 33.5 Å². The number of benzene rings is 2. The summed E-state index contributed by atoms with van der Waals surface area (Å²) in [5.74, 6) is -6.53. The molecule has 2 heterocycles. The number of aliphatic hydroxyl groups is 1. The van der Waals surface area contributed by atoms with E-state index in [0.29, 0.717) is 35.2 Å². The quantitative estimate of drug-likeness (QED) is 0.531. The lowest BCUT2D eigenvalue weighted by Gasteiger charge is -2.35. The van der Waals surface area contributed by atoms with E-state index >= 15 is 0 Å². The summed E-state index contributed by atoms with van der Waals surface area (Å²) in [6.45, 7) is 0.455. The Balaban J connectivity index is 1.32. The van der Waals surface area contributed by atoms with Crippen LogP contribution in [0.1, 0.15) is 43.2 Å². The molecule has 3 amide bonds. The van der Waals surface area contributed by atoms with E-state index < -0.39 is 66.0 Å². The average Bonchev–Trinajstić information content (AvgIpc) is 3.53. The number of halogens is 2. The summed E-state index contributed by atoms with van der Waals surface area (Å²) in [6, 6.07) is 13.7. The highest BCUT2D eigenvalue weighted by Crippen LogP contribution is 2.53. The zero-order valence-electron chi connectivity index (χ0n) is 21.8. The molecule has 8 nitrogen and oxygen atoms in total. The van der Waals surface area contributed by atoms with Crippen molar-refractivity contribution in [3.63, 3.8) is 0 Å². The molecule has 0 bridgehead atoms. The highest BCUT2D eigenvalue weighted by Gasteiger charge is 2.61. The molecular weight excluding hydrogens is 518 g/mol. The van der Waals surface area contributed by atoms with E-state index in [1.54, 1.807) is 36.4 Å². The second-order valence-electron chi connectivity index (χ2n) is 11.4. The summed E-state index contributed by atoms with van der Waals surface area (Å²) in [6.07, 6.45) is 0.405. The number of nitrogens with one attached hydrogen (secondary N) is 2. The second kappa shape index (κ2) is 9.66. The van der Waals surface area contributed by atoms with Crippen LogP contribution >= 0.6 is 0 Å². The maximum Gasteiger partial charge on any atom is 0.264 e. The monoisotopic (exact) mass is 548 g/mol. The van der Waals surface area contributed by atoms with Crippen molar-refractivity contribution < 1.29 is 28.3 Å². The van der Waals surface area contributed by atoms with Crippen LogP contribution in [0, 0.1) is 29.1 Å². The number of amides is 3. The largest absolute Gasteiger partial charge is 0.372 e. The van der Waals surface area contributed by atoms with Crippen molar-refractivity contribution in [3.8, 4) is 17.2 Å². The van der Waals surface area contributed by atoms with Gasteiger partial charge in [0, 0.05) is 43.0 Å². The summed E-state index contributed by atoms with van der Waals surface area (Å²) in [7, 11) is 0. The third-order valence-electron chi connectivity index (χ3n) is 9.03. The lowest BCUT2D eigenvalue weighted by atomic mass is 9.88. The Morgan fingerprint density at radius 1 is 1.12 bits per heavy atom. The second-order valence-corrected chi connectivity index (χ2v) is 11.4. The summed E-state index contributed by atoms with van der Waals surface area (Å²) in [5, 5.41) is 27.3.